The minimum Gasteiger partial charge on any atom is -0.263 e. The van der Waals surface area contributed by atoms with Gasteiger partial charge in [-0.3, -0.25) is 4.28 Å². The molecule has 0 aliphatic heterocycles. The van der Waals surface area contributed by atoms with Crippen LogP contribution in [0.3, 0.4) is 0 Å². The van der Waals surface area contributed by atoms with Crippen molar-refractivity contribution in [2.45, 2.75) is 47.5 Å². The third kappa shape index (κ3) is 5.68. The van der Waals surface area contributed by atoms with Gasteiger partial charge in [0.05, 0.1) is 0 Å². The molecule has 0 bridgehead atoms. The van der Waals surface area contributed by atoms with Crippen LogP contribution in [-0.4, -0.2) is 61.6 Å². The number of hydrogen-bond donors (Lipinski definition) is 0. The molecule has 0 spiro atoms. The molecule has 0 N–H and O–H groups in total. The third-order valence-corrected chi connectivity index (χ3v) is 6.46. The van der Waals surface area contributed by atoms with E-state index in [2.05, 4.69) is 4.28 Å². The lowest BCUT2D eigenvalue weighted by molar-refractivity contribution is -0.382. The Morgan fingerprint density at radius 1 is 0.651 bits per heavy atom. The van der Waals surface area contributed by atoms with Crippen molar-refractivity contribution >= 4 is 15.8 Å². The molecule has 2 rings (SSSR count). The summed E-state index contributed by atoms with van der Waals surface area (Å²) < 4.78 is 255. The van der Waals surface area contributed by atoms with Gasteiger partial charge in [0.2, 0.25) is 0 Å². The van der Waals surface area contributed by atoms with Crippen LogP contribution in [-0.2, 0) is 14.4 Å². The predicted octanol–water partition coefficient (Wildman–Crippen LogP) is 8.00. The summed E-state index contributed by atoms with van der Waals surface area (Å²) in [5.74, 6) is -37.2. The monoisotopic (exact) mass is 679 g/mol. The highest BCUT2D eigenvalue weighted by atomic mass is 32.2. The van der Waals surface area contributed by atoms with Crippen LogP contribution in [0.15, 0.2) is 59.8 Å². The van der Waals surface area contributed by atoms with E-state index in [1.807, 2.05) is 0 Å². The van der Waals surface area contributed by atoms with Gasteiger partial charge in [0.25, 0.3) is 0 Å². The van der Waals surface area contributed by atoms with Crippen molar-refractivity contribution in [1.82, 2.24) is 0 Å². The maximum atomic E-state index is 15.0. The zero-order chi connectivity index (χ0) is 33.7. The average molecular weight is 679 g/mol. The Labute approximate surface area is 227 Å². The standard InChI is InChI=1S/C21H10F17NO3S/c22-14(23)16(26,27)17(28,29)15(24,25)13(12-9-5-4-8-11(12)10-6-2-1-3-7-10)39-42-43(40,41)21(37,38)19(32,33)18(30,31)20(34,35)36/h1-9,14H. The highest BCUT2D eigenvalue weighted by molar-refractivity contribution is 7.87. The SMILES string of the molecule is O=S(=O)(ON=C(c1ccccc1-c1ccccc1)C(F)(F)C(F)(F)C(F)(F)C(F)F)C(F)(F)C(F)(F)C(F)(F)C(F)(F)F. The van der Waals surface area contributed by atoms with E-state index in [0.717, 1.165) is 30.3 Å². The molecule has 0 unspecified atom stereocenters. The highest BCUT2D eigenvalue weighted by Crippen LogP contribution is 2.55. The fourth-order valence-corrected chi connectivity index (χ4v) is 3.69. The fraction of sp³-hybridized carbons (Fsp3) is 0.381. The Morgan fingerprint density at radius 3 is 1.58 bits per heavy atom. The molecule has 0 aliphatic rings. The average Bonchev–Trinajstić information content (AvgIpc) is 2.88. The molecule has 2 aromatic rings. The minimum atomic E-state index is -8.16. The second-order valence-corrected chi connectivity index (χ2v) is 9.69. The molecule has 22 heteroatoms. The van der Waals surface area contributed by atoms with E-state index in [4.69, 9.17) is 0 Å². The van der Waals surface area contributed by atoms with Gasteiger partial charge in [-0.15, -0.1) is 0 Å². The van der Waals surface area contributed by atoms with Gasteiger partial charge in [-0.05, 0) is 11.1 Å². The van der Waals surface area contributed by atoms with E-state index in [1.165, 1.54) is 6.07 Å². The number of oxime groups is 1. The van der Waals surface area contributed by atoms with Crippen LogP contribution in [0.25, 0.3) is 11.1 Å². The number of benzene rings is 2. The molecular weight excluding hydrogens is 669 g/mol. The van der Waals surface area contributed by atoms with Crippen molar-refractivity contribution in [3.8, 4) is 11.1 Å². The fourth-order valence-electron chi connectivity index (χ4n) is 2.98. The summed E-state index contributed by atoms with van der Waals surface area (Å²) in [6.07, 6.45) is -13.2. The smallest absolute Gasteiger partial charge is 0.263 e. The van der Waals surface area contributed by atoms with Crippen molar-refractivity contribution in [3.63, 3.8) is 0 Å². The topological polar surface area (TPSA) is 55.7 Å². The Bertz CT molecular complexity index is 1440. The van der Waals surface area contributed by atoms with Gasteiger partial charge >= 0.3 is 57.6 Å². The molecule has 0 saturated carbocycles. The van der Waals surface area contributed by atoms with Crippen molar-refractivity contribution in [2.75, 3.05) is 0 Å². The van der Waals surface area contributed by atoms with Gasteiger partial charge < -0.3 is 0 Å². The first kappa shape index (κ1) is 35.9. The van der Waals surface area contributed by atoms with E-state index < -0.39 is 74.4 Å². The molecule has 0 aromatic heterocycles. The van der Waals surface area contributed by atoms with Crippen LogP contribution in [0.4, 0.5) is 74.6 Å². The molecule has 0 amide bonds. The molecule has 2 aromatic carbocycles. The van der Waals surface area contributed by atoms with Crippen molar-refractivity contribution in [3.05, 3.63) is 60.2 Å². The maximum Gasteiger partial charge on any atom is 0.460 e. The number of halogens is 17. The molecule has 0 saturated heterocycles. The molecule has 242 valence electrons. The van der Waals surface area contributed by atoms with Crippen molar-refractivity contribution in [1.29, 1.82) is 0 Å². The lowest BCUT2D eigenvalue weighted by atomic mass is 9.90. The largest absolute Gasteiger partial charge is 0.460 e. The summed E-state index contributed by atoms with van der Waals surface area (Å²) in [6, 6.07) is 7.75. The van der Waals surface area contributed by atoms with Gasteiger partial charge in [0.1, 0.15) is 0 Å². The Hall–Kier alpha value is -3.33. The quantitative estimate of drug-likeness (QED) is 0.138. The van der Waals surface area contributed by atoms with Gasteiger partial charge in [-0.2, -0.15) is 74.3 Å². The van der Waals surface area contributed by atoms with E-state index in [1.54, 1.807) is 5.16 Å². The summed E-state index contributed by atoms with van der Waals surface area (Å²) >= 11 is 0. The first-order valence-corrected chi connectivity index (χ1v) is 11.8. The predicted molar refractivity (Wildman–Crippen MR) is 110 cm³/mol. The van der Waals surface area contributed by atoms with Crippen LogP contribution in [0.5, 0.6) is 0 Å². The number of nitrogens with zero attached hydrogens (tertiary/aromatic N) is 1. The molecule has 43 heavy (non-hydrogen) atoms. The van der Waals surface area contributed by atoms with Gasteiger partial charge in [0, 0.05) is 5.56 Å². The highest BCUT2D eigenvalue weighted by Gasteiger charge is 2.86. The second kappa shape index (κ2) is 11.0. The Balaban J connectivity index is 2.90. The lowest BCUT2D eigenvalue weighted by Gasteiger charge is -2.33. The van der Waals surface area contributed by atoms with E-state index in [-0.39, 0.29) is 11.6 Å². The van der Waals surface area contributed by atoms with Crippen LogP contribution < -0.4 is 0 Å². The molecule has 0 fully saturated rings. The van der Waals surface area contributed by atoms with Crippen molar-refractivity contribution in [2.24, 2.45) is 5.16 Å². The molecule has 0 radical (unpaired) electrons. The maximum absolute atomic E-state index is 15.0. The zero-order valence-electron chi connectivity index (χ0n) is 19.8. The van der Waals surface area contributed by atoms with Crippen LogP contribution in [0, 0.1) is 0 Å². The summed E-state index contributed by atoms with van der Waals surface area (Å²) in [7, 11) is -8.16. The lowest BCUT2D eigenvalue weighted by Crippen LogP contribution is -2.63. The van der Waals surface area contributed by atoms with Gasteiger partial charge in [0.15, 0.2) is 5.71 Å². The van der Waals surface area contributed by atoms with Gasteiger partial charge in [-0.1, -0.05) is 59.8 Å². The van der Waals surface area contributed by atoms with E-state index in [9.17, 15) is 83.1 Å². The van der Waals surface area contributed by atoms with Crippen LogP contribution in [0.2, 0.25) is 0 Å². The third-order valence-electron chi connectivity index (χ3n) is 5.31. The zero-order valence-corrected chi connectivity index (χ0v) is 20.6. The summed E-state index contributed by atoms with van der Waals surface area (Å²) in [4.78, 5) is 0. The summed E-state index contributed by atoms with van der Waals surface area (Å²) in [5, 5.41) is -6.19. The molecule has 4 nitrogen and oxygen atoms in total. The Morgan fingerprint density at radius 2 is 1.12 bits per heavy atom. The molecule has 0 aliphatic carbocycles. The van der Waals surface area contributed by atoms with E-state index >= 15 is 0 Å². The number of alkyl halides is 17. The first-order chi connectivity index (χ1) is 19.1. The Kier molecular flexibility index (Phi) is 9.16. The number of hydrogen-bond acceptors (Lipinski definition) is 4. The molecular formula is C21H10F17NO3S. The van der Waals surface area contributed by atoms with E-state index in [0.29, 0.717) is 12.1 Å². The minimum absolute atomic E-state index is 0.187. The second-order valence-electron chi connectivity index (χ2n) is 8.12. The normalized spacial score (nSPS) is 15.2. The van der Waals surface area contributed by atoms with Crippen molar-refractivity contribution < 1.29 is 87.3 Å². The van der Waals surface area contributed by atoms with Crippen LogP contribution in [0.1, 0.15) is 5.56 Å². The van der Waals surface area contributed by atoms with Crippen LogP contribution >= 0.6 is 0 Å². The molecule has 0 atom stereocenters. The molecule has 0 heterocycles. The summed E-state index contributed by atoms with van der Waals surface area (Å²) in [6.45, 7) is 0. The summed E-state index contributed by atoms with van der Waals surface area (Å²) in [5.41, 5.74) is -6.19. The van der Waals surface area contributed by atoms with Gasteiger partial charge in [-0.25, -0.2) is 8.78 Å². The first-order valence-electron chi connectivity index (χ1n) is 10.4. The number of rotatable bonds is 11.